The molecule has 0 aliphatic carbocycles. The first kappa shape index (κ1) is 33.6. The Kier molecular flexibility index (Phi) is 14.2. The van der Waals surface area contributed by atoms with Gasteiger partial charge in [0.1, 0.15) is 5.78 Å². The van der Waals surface area contributed by atoms with Crippen molar-refractivity contribution in [1.29, 1.82) is 0 Å². The summed E-state index contributed by atoms with van der Waals surface area (Å²) in [6.07, 6.45) is 1.02. The molecule has 1 fully saturated rings. The van der Waals surface area contributed by atoms with Gasteiger partial charge in [-0.3, -0.25) is 43.6 Å². The number of rotatable bonds is 13. The van der Waals surface area contributed by atoms with Crippen LogP contribution in [0.1, 0.15) is 24.8 Å². The molecule has 14 heteroatoms. The molecule has 1 atom stereocenters. The summed E-state index contributed by atoms with van der Waals surface area (Å²) in [4.78, 5) is 65.9. The highest BCUT2D eigenvalue weighted by molar-refractivity contribution is 5.81. The number of hydrogen-bond donors (Lipinski definition) is 5. The van der Waals surface area contributed by atoms with E-state index in [0.717, 1.165) is 5.56 Å². The van der Waals surface area contributed by atoms with Gasteiger partial charge in [0.15, 0.2) is 0 Å². The van der Waals surface area contributed by atoms with Gasteiger partial charge in [0.2, 0.25) is 0 Å². The second kappa shape index (κ2) is 17.3. The van der Waals surface area contributed by atoms with Gasteiger partial charge in [-0.2, -0.15) is 0 Å². The lowest BCUT2D eigenvalue weighted by atomic mass is 10.0. The first-order valence-electron chi connectivity index (χ1n) is 13.6. The van der Waals surface area contributed by atoms with Crippen molar-refractivity contribution in [3.8, 4) is 0 Å². The van der Waals surface area contributed by atoms with Gasteiger partial charge in [-0.25, -0.2) is 0 Å². The molecule has 6 N–H and O–H groups in total. The Hall–Kier alpha value is -3.59. The van der Waals surface area contributed by atoms with Gasteiger partial charge < -0.3 is 26.2 Å². The molecule has 0 amide bonds. The maximum atomic E-state index is 12.9. The maximum Gasteiger partial charge on any atom is 0.317 e. The number of nitrogens with two attached hydrogens (primary N) is 1. The fourth-order valence-electron chi connectivity index (χ4n) is 4.95. The highest BCUT2D eigenvalue weighted by Gasteiger charge is 2.27. The third-order valence-electron chi connectivity index (χ3n) is 6.92. The van der Waals surface area contributed by atoms with Crippen molar-refractivity contribution in [3.05, 3.63) is 29.8 Å². The molecule has 14 nitrogen and oxygen atoms in total. The number of ketones is 1. The summed E-state index contributed by atoms with van der Waals surface area (Å²) in [5.41, 5.74) is 7.08. The van der Waals surface area contributed by atoms with Crippen LogP contribution in [0.15, 0.2) is 24.3 Å². The van der Waals surface area contributed by atoms with Crippen molar-refractivity contribution in [2.45, 2.75) is 31.7 Å². The molecule has 228 valence electrons. The zero-order valence-corrected chi connectivity index (χ0v) is 23.2. The second-order valence-corrected chi connectivity index (χ2v) is 10.3. The number of benzene rings is 1. The van der Waals surface area contributed by atoms with Crippen molar-refractivity contribution in [2.75, 3.05) is 77.7 Å². The summed E-state index contributed by atoms with van der Waals surface area (Å²) in [5, 5.41) is 37.9. The largest absolute Gasteiger partial charge is 0.480 e. The van der Waals surface area contributed by atoms with Crippen molar-refractivity contribution in [1.82, 2.24) is 19.6 Å². The number of carbonyl (C=O) groups is 5. The molecule has 0 aromatic heterocycles. The Labute approximate surface area is 238 Å². The lowest BCUT2D eigenvalue weighted by Crippen LogP contribution is -2.50. The third kappa shape index (κ3) is 14.0. The van der Waals surface area contributed by atoms with Crippen LogP contribution in [0.3, 0.4) is 0 Å². The number of aliphatic carboxylic acids is 4. The Morgan fingerprint density at radius 2 is 1.17 bits per heavy atom. The molecule has 0 spiro atoms. The average Bonchev–Trinajstić information content (AvgIpc) is 2.87. The molecule has 0 saturated carbocycles. The van der Waals surface area contributed by atoms with Gasteiger partial charge in [-0.1, -0.05) is 12.1 Å². The fourth-order valence-corrected chi connectivity index (χ4v) is 4.95. The van der Waals surface area contributed by atoms with Crippen LogP contribution in [-0.4, -0.2) is 148 Å². The van der Waals surface area contributed by atoms with Crippen LogP contribution in [0.5, 0.6) is 0 Å². The average molecular weight is 580 g/mol. The normalized spacial score (nSPS) is 19.0. The molecule has 1 aromatic rings. The molecule has 41 heavy (non-hydrogen) atoms. The van der Waals surface area contributed by atoms with Crippen molar-refractivity contribution >= 4 is 35.3 Å². The lowest BCUT2D eigenvalue weighted by molar-refractivity contribution is -0.141. The molecule has 1 aliphatic heterocycles. The van der Waals surface area contributed by atoms with Crippen LogP contribution < -0.4 is 5.73 Å². The molecule has 1 aromatic carbocycles. The topological polar surface area (TPSA) is 205 Å². The van der Waals surface area contributed by atoms with E-state index in [1.807, 2.05) is 0 Å². The van der Waals surface area contributed by atoms with Crippen LogP contribution in [0.25, 0.3) is 0 Å². The van der Waals surface area contributed by atoms with E-state index in [2.05, 4.69) is 0 Å². The number of carboxylic acid groups (broad SMARTS) is 4. The van der Waals surface area contributed by atoms with Crippen molar-refractivity contribution in [3.63, 3.8) is 0 Å². The Morgan fingerprint density at radius 1 is 0.683 bits per heavy atom. The number of hydrogen-bond acceptors (Lipinski definition) is 10. The summed E-state index contributed by atoms with van der Waals surface area (Å²) in [7, 11) is 0. The Bertz CT molecular complexity index is 1040. The Balaban J connectivity index is 2.31. The minimum atomic E-state index is -1.10. The predicted octanol–water partition coefficient (Wildman–Crippen LogP) is -0.521. The number of carbonyl (C=O) groups excluding carboxylic acids is 1. The molecular weight excluding hydrogens is 538 g/mol. The molecule has 1 saturated heterocycles. The second-order valence-electron chi connectivity index (χ2n) is 10.3. The van der Waals surface area contributed by atoms with Crippen molar-refractivity contribution in [2.24, 2.45) is 0 Å². The summed E-state index contributed by atoms with van der Waals surface area (Å²) < 4.78 is 0. The number of Topliss-reactive ketones (excluding diaryl/α,β-unsaturated/α-hetero) is 1. The van der Waals surface area contributed by atoms with E-state index in [4.69, 9.17) is 5.73 Å². The fraction of sp³-hybridized carbons (Fsp3) is 0.593. The van der Waals surface area contributed by atoms with Gasteiger partial charge in [0, 0.05) is 70.4 Å². The number of nitrogen functional groups attached to an aromatic ring is 1. The van der Waals surface area contributed by atoms with E-state index < -0.39 is 29.9 Å². The molecule has 2 rings (SSSR count). The highest BCUT2D eigenvalue weighted by atomic mass is 16.4. The Morgan fingerprint density at radius 3 is 1.71 bits per heavy atom. The summed E-state index contributed by atoms with van der Waals surface area (Å²) in [6, 6.07) is 6.40. The smallest absolute Gasteiger partial charge is 0.317 e. The molecule has 0 bridgehead atoms. The van der Waals surface area contributed by atoms with Crippen LogP contribution in [-0.2, 0) is 30.4 Å². The van der Waals surface area contributed by atoms with Gasteiger partial charge in [0.05, 0.1) is 26.2 Å². The molecular formula is C27H41N5O9. The number of anilines is 1. The molecule has 0 radical (unpaired) electrons. The van der Waals surface area contributed by atoms with E-state index in [9.17, 15) is 44.4 Å². The zero-order chi connectivity index (χ0) is 30.4. The van der Waals surface area contributed by atoms with Crippen LogP contribution in [0.2, 0.25) is 0 Å². The third-order valence-corrected chi connectivity index (χ3v) is 6.92. The number of carboxylic acids is 4. The monoisotopic (exact) mass is 579 g/mol. The zero-order valence-electron chi connectivity index (χ0n) is 23.2. The van der Waals surface area contributed by atoms with Crippen LogP contribution in [0, 0.1) is 0 Å². The minimum absolute atomic E-state index is 0.0714. The standard InChI is InChI=1S/C27H41N5O9/c28-21-4-2-20(3-5-21)14-23(33)7-6-22-15-31(18-26(38)39)11-10-29(16-24(34)35)8-1-9-30(17-25(36)37)12-13-32(22)19-27(40)41/h2-5,22H,1,6-19,28H2,(H,34,35)(H,36,37)(H,38,39)(H,40,41). The quantitative estimate of drug-likeness (QED) is 0.187. The van der Waals surface area contributed by atoms with Gasteiger partial charge in [-0.05, 0) is 30.5 Å². The van der Waals surface area contributed by atoms with E-state index in [1.165, 1.54) is 0 Å². The van der Waals surface area contributed by atoms with E-state index in [0.29, 0.717) is 25.2 Å². The van der Waals surface area contributed by atoms with Gasteiger partial charge in [0.25, 0.3) is 0 Å². The van der Waals surface area contributed by atoms with E-state index in [1.54, 1.807) is 43.9 Å². The van der Waals surface area contributed by atoms with Crippen LogP contribution in [0.4, 0.5) is 5.69 Å². The van der Waals surface area contributed by atoms with E-state index >= 15 is 0 Å². The maximum absolute atomic E-state index is 12.9. The molecule has 1 heterocycles. The first-order chi connectivity index (χ1) is 19.4. The minimum Gasteiger partial charge on any atom is -0.480 e. The number of nitrogens with zero attached hydrogens (tertiary/aromatic N) is 4. The van der Waals surface area contributed by atoms with Gasteiger partial charge in [-0.15, -0.1) is 0 Å². The van der Waals surface area contributed by atoms with E-state index in [-0.39, 0.29) is 83.9 Å². The van der Waals surface area contributed by atoms with Gasteiger partial charge >= 0.3 is 23.9 Å². The van der Waals surface area contributed by atoms with Crippen molar-refractivity contribution < 1.29 is 44.4 Å². The van der Waals surface area contributed by atoms with Crippen LogP contribution >= 0.6 is 0 Å². The molecule has 1 aliphatic rings. The lowest BCUT2D eigenvalue weighted by Gasteiger charge is -2.35. The molecule has 1 unspecified atom stereocenters. The summed E-state index contributed by atoms with van der Waals surface area (Å²) >= 11 is 0. The summed E-state index contributed by atoms with van der Waals surface area (Å²) in [5.74, 6) is -4.34. The SMILES string of the molecule is Nc1ccc(CC(=O)CCC2CN(CC(=O)O)CCN(CC(=O)O)CCCN(CC(=O)O)CCN2CC(=O)O)cc1. The summed E-state index contributed by atoms with van der Waals surface area (Å²) in [6.45, 7) is 0.502. The first-order valence-corrected chi connectivity index (χ1v) is 13.6. The predicted molar refractivity (Wildman–Crippen MR) is 149 cm³/mol. The highest BCUT2D eigenvalue weighted by Crippen LogP contribution is 2.14.